The molecule has 0 spiro atoms. The third-order valence-corrected chi connectivity index (χ3v) is 5.00. The van der Waals surface area contributed by atoms with Crippen molar-refractivity contribution in [2.75, 3.05) is 40.3 Å². The van der Waals surface area contributed by atoms with Crippen LogP contribution in [0.4, 0.5) is 0 Å². The summed E-state index contributed by atoms with van der Waals surface area (Å²) in [5, 5.41) is 4.23. The maximum atomic E-state index is 5.97. The Morgan fingerprint density at radius 1 is 1.24 bits per heavy atom. The number of likely N-dealkylation sites (N-methyl/N-ethyl adjacent to an activating group) is 1. The van der Waals surface area contributed by atoms with E-state index >= 15 is 0 Å². The lowest BCUT2D eigenvalue weighted by Gasteiger charge is -2.45. The van der Waals surface area contributed by atoms with Crippen LogP contribution in [0.25, 0.3) is 0 Å². The topological polar surface area (TPSA) is 18.5 Å². The van der Waals surface area contributed by atoms with Crippen molar-refractivity contribution in [3.8, 4) is 0 Å². The highest BCUT2D eigenvalue weighted by atomic mass is 35.5. The third-order valence-electron chi connectivity index (χ3n) is 4.75. The molecule has 0 aromatic heterocycles. The zero-order valence-corrected chi connectivity index (χ0v) is 14.5. The predicted octanol–water partition coefficient (Wildman–Crippen LogP) is 3.02. The number of hydrogen-bond acceptors (Lipinski definition) is 3. The molecule has 0 bridgehead atoms. The fourth-order valence-electron chi connectivity index (χ4n) is 3.02. The van der Waals surface area contributed by atoms with Crippen molar-refractivity contribution < 1.29 is 0 Å². The SMILES string of the molecule is CNC(CCN1CCN(C)C(C)(C)C1)c1ccc(Cl)cc1. The van der Waals surface area contributed by atoms with Crippen molar-refractivity contribution in [2.45, 2.75) is 31.8 Å². The van der Waals surface area contributed by atoms with E-state index in [9.17, 15) is 0 Å². The Morgan fingerprint density at radius 3 is 2.48 bits per heavy atom. The van der Waals surface area contributed by atoms with E-state index < -0.39 is 0 Å². The van der Waals surface area contributed by atoms with Crippen LogP contribution in [0.1, 0.15) is 31.9 Å². The van der Waals surface area contributed by atoms with E-state index in [0.717, 1.165) is 37.6 Å². The Morgan fingerprint density at radius 2 is 1.90 bits per heavy atom. The number of nitrogens with zero attached hydrogens (tertiary/aromatic N) is 2. The first-order valence-corrected chi connectivity index (χ1v) is 8.16. The second-order valence-corrected chi connectivity index (χ2v) is 7.13. The summed E-state index contributed by atoms with van der Waals surface area (Å²) in [5.74, 6) is 0. The minimum Gasteiger partial charge on any atom is -0.313 e. The van der Waals surface area contributed by atoms with Crippen molar-refractivity contribution in [1.82, 2.24) is 15.1 Å². The molecule has 1 aliphatic heterocycles. The Bertz CT molecular complexity index is 444. The van der Waals surface area contributed by atoms with Crippen LogP contribution in [-0.4, -0.2) is 55.6 Å². The molecular weight excluding hydrogens is 282 g/mol. The molecular formula is C17H28ClN3. The summed E-state index contributed by atoms with van der Waals surface area (Å²) in [4.78, 5) is 5.04. The highest BCUT2D eigenvalue weighted by Gasteiger charge is 2.30. The van der Waals surface area contributed by atoms with Gasteiger partial charge in [-0.05, 0) is 52.1 Å². The molecule has 1 atom stereocenters. The zero-order chi connectivity index (χ0) is 15.5. The van der Waals surface area contributed by atoms with E-state index in [0.29, 0.717) is 6.04 Å². The summed E-state index contributed by atoms with van der Waals surface area (Å²) in [7, 11) is 4.26. The van der Waals surface area contributed by atoms with E-state index in [2.05, 4.69) is 48.1 Å². The molecule has 0 saturated carbocycles. The lowest BCUT2D eigenvalue weighted by Crippen LogP contribution is -2.57. The quantitative estimate of drug-likeness (QED) is 0.902. The average molecular weight is 310 g/mol. The van der Waals surface area contributed by atoms with Gasteiger partial charge in [0.1, 0.15) is 0 Å². The van der Waals surface area contributed by atoms with E-state index in [1.165, 1.54) is 5.56 Å². The molecule has 1 unspecified atom stereocenters. The summed E-state index contributed by atoms with van der Waals surface area (Å²) in [5.41, 5.74) is 1.59. The van der Waals surface area contributed by atoms with Gasteiger partial charge in [0.2, 0.25) is 0 Å². The van der Waals surface area contributed by atoms with Crippen LogP contribution in [0.5, 0.6) is 0 Å². The Balaban J connectivity index is 1.90. The van der Waals surface area contributed by atoms with Crippen LogP contribution < -0.4 is 5.32 Å². The molecule has 1 fully saturated rings. The first kappa shape index (κ1) is 16.8. The third kappa shape index (κ3) is 4.43. The molecule has 118 valence electrons. The highest BCUT2D eigenvalue weighted by molar-refractivity contribution is 6.30. The van der Waals surface area contributed by atoms with E-state index in [1.807, 2.05) is 19.2 Å². The summed E-state index contributed by atoms with van der Waals surface area (Å²) in [6, 6.07) is 8.58. The second kappa shape index (κ2) is 7.10. The highest BCUT2D eigenvalue weighted by Crippen LogP contribution is 2.22. The Kier molecular flexibility index (Phi) is 5.67. The van der Waals surface area contributed by atoms with Crippen LogP contribution >= 0.6 is 11.6 Å². The van der Waals surface area contributed by atoms with Crippen LogP contribution in [-0.2, 0) is 0 Å². The van der Waals surface area contributed by atoms with Gasteiger partial charge in [0.15, 0.2) is 0 Å². The molecule has 1 N–H and O–H groups in total. The molecule has 3 nitrogen and oxygen atoms in total. The number of rotatable bonds is 5. The number of benzene rings is 1. The maximum Gasteiger partial charge on any atom is 0.0406 e. The first-order valence-electron chi connectivity index (χ1n) is 7.79. The van der Waals surface area contributed by atoms with Gasteiger partial charge in [-0.25, -0.2) is 0 Å². The average Bonchev–Trinajstić information content (AvgIpc) is 2.45. The van der Waals surface area contributed by atoms with Gasteiger partial charge in [-0.3, -0.25) is 4.90 Å². The number of hydrogen-bond donors (Lipinski definition) is 1. The van der Waals surface area contributed by atoms with Gasteiger partial charge in [-0.15, -0.1) is 0 Å². The minimum atomic E-state index is 0.271. The standard InChI is InChI=1S/C17H28ClN3/c1-17(2)13-21(12-11-20(17)4)10-9-16(19-3)14-5-7-15(18)8-6-14/h5-8,16,19H,9-13H2,1-4H3. The lowest BCUT2D eigenvalue weighted by molar-refractivity contribution is 0.0383. The maximum absolute atomic E-state index is 5.97. The Labute approximate surface area is 134 Å². The van der Waals surface area contributed by atoms with Crippen LogP contribution in [0.15, 0.2) is 24.3 Å². The van der Waals surface area contributed by atoms with E-state index in [-0.39, 0.29) is 5.54 Å². The van der Waals surface area contributed by atoms with E-state index in [4.69, 9.17) is 11.6 Å². The summed E-state index contributed by atoms with van der Waals surface area (Å²) >= 11 is 5.97. The van der Waals surface area contributed by atoms with Gasteiger partial charge in [-0.2, -0.15) is 0 Å². The van der Waals surface area contributed by atoms with Crippen molar-refractivity contribution in [1.29, 1.82) is 0 Å². The van der Waals surface area contributed by atoms with Crippen LogP contribution in [0.2, 0.25) is 5.02 Å². The van der Waals surface area contributed by atoms with Gasteiger partial charge < -0.3 is 10.2 Å². The molecule has 0 radical (unpaired) electrons. The van der Waals surface area contributed by atoms with Gasteiger partial charge in [0.05, 0.1) is 0 Å². The van der Waals surface area contributed by atoms with Crippen molar-refractivity contribution in [2.24, 2.45) is 0 Å². The molecule has 1 aromatic carbocycles. The summed E-state index contributed by atoms with van der Waals surface area (Å²) < 4.78 is 0. The fraction of sp³-hybridized carbons (Fsp3) is 0.647. The van der Waals surface area contributed by atoms with Gasteiger partial charge >= 0.3 is 0 Å². The van der Waals surface area contributed by atoms with Crippen molar-refractivity contribution in [3.05, 3.63) is 34.9 Å². The van der Waals surface area contributed by atoms with Gasteiger partial charge in [0.25, 0.3) is 0 Å². The number of halogens is 1. The molecule has 0 aliphatic carbocycles. The lowest BCUT2D eigenvalue weighted by atomic mass is 9.98. The normalized spacial score (nSPS) is 21.4. The van der Waals surface area contributed by atoms with Crippen LogP contribution in [0, 0.1) is 0 Å². The smallest absolute Gasteiger partial charge is 0.0406 e. The minimum absolute atomic E-state index is 0.271. The van der Waals surface area contributed by atoms with Gasteiger partial charge in [0, 0.05) is 42.8 Å². The first-order chi connectivity index (χ1) is 9.92. The number of nitrogens with one attached hydrogen (secondary N) is 1. The monoisotopic (exact) mass is 309 g/mol. The van der Waals surface area contributed by atoms with Crippen LogP contribution in [0.3, 0.4) is 0 Å². The molecule has 1 aliphatic rings. The molecule has 1 saturated heterocycles. The summed E-state index contributed by atoms with van der Waals surface area (Å²) in [6.07, 6.45) is 1.12. The molecule has 1 aromatic rings. The molecule has 21 heavy (non-hydrogen) atoms. The number of piperazine rings is 1. The molecule has 0 amide bonds. The van der Waals surface area contributed by atoms with Gasteiger partial charge in [-0.1, -0.05) is 23.7 Å². The largest absolute Gasteiger partial charge is 0.313 e. The molecule has 1 heterocycles. The predicted molar refractivity (Wildman–Crippen MR) is 91.0 cm³/mol. The van der Waals surface area contributed by atoms with Crippen molar-refractivity contribution >= 4 is 11.6 Å². The second-order valence-electron chi connectivity index (χ2n) is 6.69. The van der Waals surface area contributed by atoms with E-state index in [1.54, 1.807) is 0 Å². The van der Waals surface area contributed by atoms with Crippen molar-refractivity contribution in [3.63, 3.8) is 0 Å². The Hall–Kier alpha value is -0.610. The molecule has 4 heteroatoms. The fourth-order valence-corrected chi connectivity index (χ4v) is 3.14. The zero-order valence-electron chi connectivity index (χ0n) is 13.7. The molecule has 2 rings (SSSR count). The summed E-state index contributed by atoms with van der Waals surface area (Å²) in [6.45, 7) is 9.24.